The van der Waals surface area contributed by atoms with Gasteiger partial charge in [0.15, 0.2) is 0 Å². The molecule has 0 aliphatic rings. The van der Waals surface area contributed by atoms with Crippen molar-refractivity contribution in [3.63, 3.8) is 0 Å². The number of carboxylic acid groups (broad SMARTS) is 1. The van der Waals surface area contributed by atoms with Crippen LogP contribution < -0.4 is 0 Å². The van der Waals surface area contributed by atoms with E-state index in [0.717, 1.165) is 0 Å². The van der Waals surface area contributed by atoms with E-state index in [2.05, 4.69) is 5.10 Å². The molecule has 0 aliphatic heterocycles. The van der Waals surface area contributed by atoms with Crippen molar-refractivity contribution in [3.05, 3.63) is 18.0 Å². The van der Waals surface area contributed by atoms with Crippen LogP contribution in [0.5, 0.6) is 0 Å². The molecule has 6 nitrogen and oxygen atoms in total. The van der Waals surface area contributed by atoms with Crippen molar-refractivity contribution in [3.8, 4) is 0 Å². The summed E-state index contributed by atoms with van der Waals surface area (Å²) in [5.74, 6) is -1.11. The molecule has 0 saturated heterocycles. The molecule has 0 saturated carbocycles. The predicted octanol–water partition coefficient (Wildman–Crippen LogP) is 0.450. The second kappa shape index (κ2) is 5.29. The number of amides is 1. The highest BCUT2D eigenvalue weighted by molar-refractivity contribution is 5.87. The summed E-state index contributed by atoms with van der Waals surface area (Å²) in [5, 5.41) is 12.5. The van der Waals surface area contributed by atoms with Crippen LogP contribution in [0.2, 0.25) is 0 Å². The normalized spacial score (nSPS) is 10.1. The molecule has 0 bridgehead atoms. The number of rotatable bonds is 5. The minimum absolute atomic E-state index is 0.0648. The second-order valence-electron chi connectivity index (χ2n) is 3.30. The van der Waals surface area contributed by atoms with Gasteiger partial charge in [-0.05, 0) is 13.8 Å². The number of hydrogen-bond donors (Lipinski definition) is 1. The average Bonchev–Trinajstić information content (AvgIpc) is 2.68. The fraction of sp³-hybridized carbons (Fsp3) is 0.500. The molecule has 1 amide bonds. The van der Waals surface area contributed by atoms with Gasteiger partial charge in [-0.2, -0.15) is 5.10 Å². The first-order chi connectivity index (χ1) is 7.58. The summed E-state index contributed by atoms with van der Waals surface area (Å²) in [4.78, 5) is 23.9. The summed E-state index contributed by atoms with van der Waals surface area (Å²) in [6, 6.07) is 0. The molecule has 1 aromatic rings. The number of aromatic carboxylic acids is 1. The van der Waals surface area contributed by atoms with Crippen LogP contribution in [0.3, 0.4) is 0 Å². The minimum atomic E-state index is -1.04. The molecule has 0 radical (unpaired) electrons. The number of nitrogens with zero attached hydrogens (tertiary/aromatic N) is 3. The first-order valence-corrected chi connectivity index (χ1v) is 5.12. The van der Waals surface area contributed by atoms with Gasteiger partial charge in [-0.3, -0.25) is 9.48 Å². The number of aromatic nitrogens is 2. The molecular formula is C10H15N3O3. The lowest BCUT2D eigenvalue weighted by Crippen LogP contribution is -2.33. The molecule has 0 aliphatic carbocycles. The molecule has 0 fully saturated rings. The third kappa shape index (κ3) is 2.82. The van der Waals surface area contributed by atoms with Crippen LogP contribution in [0.1, 0.15) is 24.2 Å². The lowest BCUT2D eigenvalue weighted by molar-refractivity contribution is -0.131. The van der Waals surface area contributed by atoms with E-state index in [-0.39, 0.29) is 18.0 Å². The van der Waals surface area contributed by atoms with Crippen LogP contribution in [0.4, 0.5) is 0 Å². The van der Waals surface area contributed by atoms with Gasteiger partial charge in [-0.25, -0.2) is 4.79 Å². The smallest absolute Gasteiger partial charge is 0.338 e. The minimum Gasteiger partial charge on any atom is -0.478 e. The summed E-state index contributed by atoms with van der Waals surface area (Å²) in [6.45, 7) is 5.15. The number of carbonyl (C=O) groups is 2. The molecule has 0 atom stereocenters. The van der Waals surface area contributed by atoms with Crippen molar-refractivity contribution in [2.24, 2.45) is 0 Å². The Bertz CT molecular complexity index is 382. The Balaban J connectivity index is 2.65. The Labute approximate surface area is 93.5 Å². The largest absolute Gasteiger partial charge is 0.478 e. The standard InChI is InChI=1S/C10H15N3O3/c1-3-12(4-2)9(14)7-13-6-8(5-11-13)10(15)16/h5-6H,3-4,7H2,1-2H3,(H,15,16). The van der Waals surface area contributed by atoms with E-state index in [1.165, 1.54) is 17.1 Å². The lowest BCUT2D eigenvalue weighted by Gasteiger charge is -2.18. The van der Waals surface area contributed by atoms with Crippen molar-refractivity contribution < 1.29 is 14.7 Å². The third-order valence-electron chi connectivity index (χ3n) is 2.29. The first kappa shape index (κ1) is 12.2. The van der Waals surface area contributed by atoms with E-state index in [1.807, 2.05) is 13.8 Å². The van der Waals surface area contributed by atoms with E-state index in [9.17, 15) is 9.59 Å². The summed E-state index contributed by atoms with van der Waals surface area (Å²) in [7, 11) is 0. The molecule has 88 valence electrons. The fourth-order valence-electron chi connectivity index (χ4n) is 1.38. The first-order valence-electron chi connectivity index (χ1n) is 5.12. The predicted molar refractivity (Wildman–Crippen MR) is 57.1 cm³/mol. The molecule has 1 aromatic heterocycles. The van der Waals surface area contributed by atoms with Gasteiger partial charge in [0.05, 0.1) is 11.8 Å². The zero-order chi connectivity index (χ0) is 12.1. The molecule has 1 rings (SSSR count). The third-order valence-corrected chi connectivity index (χ3v) is 2.29. The summed E-state index contributed by atoms with van der Waals surface area (Å²) < 4.78 is 1.34. The summed E-state index contributed by atoms with van der Waals surface area (Å²) in [6.07, 6.45) is 2.58. The highest BCUT2D eigenvalue weighted by Crippen LogP contribution is 1.99. The van der Waals surface area contributed by atoms with Gasteiger partial charge in [0, 0.05) is 19.3 Å². The molecular weight excluding hydrogens is 210 g/mol. The number of carbonyl (C=O) groups excluding carboxylic acids is 1. The molecule has 0 unspecified atom stereocenters. The zero-order valence-corrected chi connectivity index (χ0v) is 9.38. The van der Waals surface area contributed by atoms with Crippen LogP contribution in [0, 0.1) is 0 Å². The van der Waals surface area contributed by atoms with Gasteiger partial charge in [-0.15, -0.1) is 0 Å². The number of hydrogen-bond acceptors (Lipinski definition) is 3. The van der Waals surface area contributed by atoms with E-state index < -0.39 is 5.97 Å². The quantitative estimate of drug-likeness (QED) is 0.789. The Morgan fingerprint density at radius 3 is 2.50 bits per heavy atom. The highest BCUT2D eigenvalue weighted by atomic mass is 16.4. The van der Waals surface area contributed by atoms with Gasteiger partial charge in [0.2, 0.25) is 5.91 Å². The molecule has 1 heterocycles. The number of likely N-dealkylation sites (N-methyl/N-ethyl adjacent to an activating group) is 1. The maximum Gasteiger partial charge on any atom is 0.338 e. The molecule has 1 N–H and O–H groups in total. The summed E-state index contributed by atoms with van der Waals surface area (Å²) >= 11 is 0. The molecule has 16 heavy (non-hydrogen) atoms. The van der Waals surface area contributed by atoms with E-state index in [4.69, 9.17) is 5.11 Å². The average molecular weight is 225 g/mol. The van der Waals surface area contributed by atoms with Crippen molar-refractivity contribution in [1.29, 1.82) is 0 Å². The van der Waals surface area contributed by atoms with Crippen LogP contribution in [0.15, 0.2) is 12.4 Å². The topological polar surface area (TPSA) is 75.4 Å². The zero-order valence-electron chi connectivity index (χ0n) is 9.38. The second-order valence-corrected chi connectivity index (χ2v) is 3.30. The molecule has 6 heteroatoms. The maximum absolute atomic E-state index is 11.7. The van der Waals surface area contributed by atoms with Gasteiger partial charge >= 0.3 is 5.97 Å². The fourth-order valence-corrected chi connectivity index (χ4v) is 1.38. The van der Waals surface area contributed by atoms with E-state index in [0.29, 0.717) is 13.1 Å². The Kier molecular flexibility index (Phi) is 4.04. The van der Waals surface area contributed by atoms with Crippen LogP contribution in [-0.4, -0.2) is 44.8 Å². The Hall–Kier alpha value is -1.85. The van der Waals surface area contributed by atoms with Crippen molar-refractivity contribution in [1.82, 2.24) is 14.7 Å². The van der Waals surface area contributed by atoms with Gasteiger partial charge in [-0.1, -0.05) is 0 Å². The van der Waals surface area contributed by atoms with Gasteiger partial charge < -0.3 is 10.0 Å². The van der Waals surface area contributed by atoms with Crippen LogP contribution in [-0.2, 0) is 11.3 Å². The lowest BCUT2D eigenvalue weighted by atomic mass is 10.4. The van der Waals surface area contributed by atoms with E-state index >= 15 is 0 Å². The van der Waals surface area contributed by atoms with Crippen LogP contribution >= 0.6 is 0 Å². The van der Waals surface area contributed by atoms with Gasteiger partial charge in [0.1, 0.15) is 6.54 Å². The number of carboxylic acids is 1. The Morgan fingerprint density at radius 1 is 1.44 bits per heavy atom. The summed E-state index contributed by atoms with van der Waals surface area (Å²) in [5.41, 5.74) is 0.0901. The highest BCUT2D eigenvalue weighted by Gasteiger charge is 2.12. The van der Waals surface area contributed by atoms with Crippen LogP contribution in [0.25, 0.3) is 0 Å². The SMILES string of the molecule is CCN(CC)C(=O)Cn1cc(C(=O)O)cn1. The monoisotopic (exact) mass is 225 g/mol. The van der Waals surface area contributed by atoms with Gasteiger partial charge in [0.25, 0.3) is 0 Å². The Morgan fingerprint density at radius 2 is 2.06 bits per heavy atom. The van der Waals surface area contributed by atoms with E-state index in [1.54, 1.807) is 4.90 Å². The molecule has 0 spiro atoms. The maximum atomic E-state index is 11.7. The van der Waals surface area contributed by atoms with Crippen molar-refractivity contribution >= 4 is 11.9 Å². The molecule has 0 aromatic carbocycles. The van der Waals surface area contributed by atoms with Crippen molar-refractivity contribution in [2.75, 3.05) is 13.1 Å². The van der Waals surface area contributed by atoms with Crippen molar-refractivity contribution in [2.45, 2.75) is 20.4 Å².